The summed E-state index contributed by atoms with van der Waals surface area (Å²) in [7, 11) is -3.42. The Morgan fingerprint density at radius 3 is 2.20 bits per heavy atom. The molecule has 2 aromatic carbocycles. The van der Waals surface area contributed by atoms with Crippen molar-refractivity contribution in [2.24, 2.45) is 0 Å². The number of carbonyl (C=O) groups excluding carboxylic acids is 1. The summed E-state index contributed by atoms with van der Waals surface area (Å²) < 4.78 is 37.7. The van der Waals surface area contributed by atoms with Crippen LogP contribution in [0, 0.1) is 0 Å². The average Bonchev–Trinajstić information content (AvgIpc) is 3.27. The van der Waals surface area contributed by atoms with Crippen molar-refractivity contribution in [1.29, 1.82) is 0 Å². The highest BCUT2D eigenvalue weighted by molar-refractivity contribution is 7.89. The fourth-order valence-electron chi connectivity index (χ4n) is 3.18. The number of nitrogens with zero attached hydrogens (tertiary/aromatic N) is 1. The van der Waals surface area contributed by atoms with E-state index in [0.29, 0.717) is 30.9 Å². The number of amides is 1. The summed E-state index contributed by atoms with van der Waals surface area (Å²) in [6, 6.07) is 13.4. The molecule has 30 heavy (non-hydrogen) atoms. The molecule has 3 rings (SSSR count). The zero-order valence-electron chi connectivity index (χ0n) is 17.3. The molecule has 0 spiro atoms. The Balaban J connectivity index is 1.44. The Morgan fingerprint density at radius 2 is 1.60 bits per heavy atom. The molecular weight excluding hydrogens is 404 g/mol. The van der Waals surface area contributed by atoms with Gasteiger partial charge in [0.05, 0.1) is 17.5 Å². The van der Waals surface area contributed by atoms with Gasteiger partial charge in [-0.1, -0.05) is 0 Å². The number of benzene rings is 2. The lowest BCUT2D eigenvalue weighted by Crippen LogP contribution is -2.28. The lowest BCUT2D eigenvalue weighted by Gasteiger charge is -2.15. The van der Waals surface area contributed by atoms with E-state index in [1.807, 2.05) is 13.8 Å². The van der Waals surface area contributed by atoms with Gasteiger partial charge in [-0.05, 0) is 75.2 Å². The summed E-state index contributed by atoms with van der Waals surface area (Å²) in [6.07, 6.45) is 1.89. The van der Waals surface area contributed by atoms with E-state index in [-0.39, 0.29) is 23.5 Å². The predicted molar refractivity (Wildman–Crippen MR) is 114 cm³/mol. The van der Waals surface area contributed by atoms with Crippen molar-refractivity contribution in [2.75, 3.05) is 26.2 Å². The molecule has 0 radical (unpaired) electrons. The first-order chi connectivity index (χ1) is 14.4. The van der Waals surface area contributed by atoms with E-state index in [1.54, 1.807) is 48.5 Å². The Hall–Kier alpha value is -2.58. The van der Waals surface area contributed by atoms with Crippen molar-refractivity contribution in [2.45, 2.75) is 37.7 Å². The van der Waals surface area contributed by atoms with Crippen LogP contribution in [-0.4, -0.2) is 51.0 Å². The molecule has 0 saturated carbocycles. The minimum absolute atomic E-state index is 0.0798. The number of sulfonamides is 1. The molecule has 1 aliphatic heterocycles. The highest BCUT2D eigenvalue weighted by Crippen LogP contribution is 2.22. The molecule has 1 heterocycles. The molecule has 1 fully saturated rings. The summed E-state index contributed by atoms with van der Waals surface area (Å²) in [5, 5.41) is 2.79. The molecule has 1 amide bonds. The second-order valence-electron chi connectivity index (χ2n) is 7.38. The van der Waals surface area contributed by atoms with Crippen LogP contribution in [0.25, 0.3) is 0 Å². The van der Waals surface area contributed by atoms with Crippen LogP contribution in [0.1, 0.15) is 37.0 Å². The topological polar surface area (TPSA) is 84.9 Å². The van der Waals surface area contributed by atoms with Gasteiger partial charge in [-0.25, -0.2) is 8.42 Å². The van der Waals surface area contributed by atoms with Crippen LogP contribution in [0.15, 0.2) is 53.4 Å². The second kappa shape index (κ2) is 9.95. The first-order valence-corrected chi connectivity index (χ1v) is 11.6. The monoisotopic (exact) mass is 432 g/mol. The standard InChI is InChI=1S/C22H28N2O5S/c1-17(2)29-20-7-5-18(6-8-20)22(25)23-13-16-28-19-9-11-21(12-10-19)30(26,27)24-14-3-4-15-24/h5-12,17H,3-4,13-16H2,1-2H3,(H,23,25). The van der Waals surface area contributed by atoms with Crippen LogP contribution in [0.5, 0.6) is 11.5 Å². The van der Waals surface area contributed by atoms with E-state index >= 15 is 0 Å². The van der Waals surface area contributed by atoms with E-state index in [1.165, 1.54) is 4.31 Å². The van der Waals surface area contributed by atoms with Crippen molar-refractivity contribution < 1.29 is 22.7 Å². The summed E-state index contributed by atoms with van der Waals surface area (Å²) >= 11 is 0. The third-order valence-corrected chi connectivity index (χ3v) is 6.58. The third kappa shape index (κ3) is 5.73. The first kappa shape index (κ1) is 22.1. The van der Waals surface area contributed by atoms with Gasteiger partial charge in [-0.3, -0.25) is 4.79 Å². The van der Waals surface area contributed by atoms with Crippen molar-refractivity contribution >= 4 is 15.9 Å². The van der Waals surface area contributed by atoms with Gasteiger partial charge >= 0.3 is 0 Å². The first-order valence-electron chi connectivity index (χ1n) is 10.1. The van der Waals surface area contributed by atoms with Crippen molar-refractivity contribution in [3.05, 3.63) is 54.1 Å². The average molecular weight is 433 g/mol. The van der Waals surface area contributed by atoms with E-state index in [4.69, 9.17) is 9.47 Å². The molecule has 0 aliphatic carbocycles. The third-order valence-electron chi connectivity index (χ3n) is 4.67. The zero-order chi connectivity index (χ0) is 21.6. The van der Waals surface area contributed by atoms with Gasteiger partial charge in [0.15, 0.2) is 0 Å². The quantitative estimate of drug-likeness (QED) is 0.616. The van der Waals surface area contributed by atoms with Crippen molar-refractivity contribution in [3.8, 4) is 11.5 Å². The highest BCUT2D eigenvalue weighted by Gasteiger charge is 2.26. The highest BCUT2D eigenvalue weighted by atomic mass is 32.2. The van der Waals surface area contributed by atoms with Crippen LogP contribution in [-0.2, 0) is 10.0 Å². The zero-order valence-corrected chi connectivity index (χ0v) is 18.2. The molecule has 162 valence electrons. The maximum Gasteiger partial charge on any atom is 0.251 e. The van der Waals surface area contributed by atoms with Gasteiger partial charge in [-0.15, -0.1) is 0 Å². The van der Waals surface area contributed by atoms with E-state index in [9.17, 15) is 13.2 Å². The maximum atomic E-state index is 12.5. The molecule has 0 aromatic heterocycles. The summed E-state index contributed by atoms with van der Waals surface area (Å²) in [5.41, 5.74) is 0.544. The minimum atomic E-state index is -3.42. The molecule has 0 bridgehead atoms. The normalized spacial score (nSPS) is 14.6. The van der Waals surface area contributed by atoms with E-state index < -0.39 is 10.0 Å². The molecular formula is C22H28N2O5S. The van der Waals surface area contributed by atoms with Gasteiger partial charge in [0.25, 0.3) is 5.91 Å². The fraction of sp³-hybridized carbons (Fsp3) is 0.409. The van der Waals surface area contributed by atoms with Gasteiger partial charge in [0, 0.05) is 18.7 Å². The molecule has 0 atom stereocenters. The van der Waals surface area contributed by atoms with Crippen LogP contribution in [0.2, 0.25) is 0 Å². The number of carbonyl (C=O) groups is 1. The molecule has 1 N–H and O–H groups in total. The smallest absolute Gasteiger partial charge is 0.251 e. The summed E-state index contributed by atoms with van der Waals surface area (Å²) in [4.78, 5) is 12.5. The van der Waals surface area contributed by atoms with Crippen LogP contribution in [0.4, 0.5) is 0 Å². The van der Waals surface area contributed by atoms with Crippen LogP contribution >= 0.6 is 0 Å². The van der Waals surface area contributed by atoms with Crippen LogP contribution in [0.3, 0.4) is 0 Å². The lowest BCUT2D eigenvalue weighted by atomic mass is 10.2. The van der Waals surface area contributed by atoms with Crippen molar-refractivity contribution in [3.63, 3.8) is 0 Å². The molecule has 1 saturated heterocycles. The SMILES string of the molecule is CC(C)Oc1ccc(C(=O)NCCOc2ccc(S(=O)(=O)N3CCCC3)cc2)cc1. The number of ether oxygens (including phenoxy) is 2. The Kier molecular flexibility index (Phi) is 7.33. The summed E-state index contributed by atoms with van der Waals surface area (Å²) in [5.74, 6) is 1.08. The lowest BCUT2D eigenvalue weighted by molar-refractivity contribution is 0.0947. The van der Waals surface area contributed by atoms with Gasteiger partial charge < -0.3 is 14.8 Å². The second-order valence-corrected chi connectivity index (χ2v) is 9.32. The predicted octanol–water partition coefficient (Wildman–Crippen LogP) is 3.07. The maximum absolute atomic E-state index is 12.5. The summed E-state index contributed by atoms with van der Waals surface area (Å²) in [6.45, 7) is 5.65. The van der Waals surface area contributed by atoms with Crippen molar-refractivity contribution in [1.82, 2.24) is 9.62 Å². The number of hydrogen-bond acceptors (Lipinski definition) is 5. The van der Waals surface area contributed by atoms with Crippen LogP contribution < -0.4 is 14.8 Å². The number of rotatable bonds is 9. The van der Waals surface area contributed by atoms with Gasteiger partial charge in [0.1, 0.15) is 18.1 Å². The molecule has 8 heteroatoms. The van der Waals surface area contributed by atoms with E-state index in [0.717, 1.165) is 18.6 Å². The number of nitrogens with one attached hydrogen (secondary N) is 1. The van der Waals surface area contributed by atoms with E-state index in [2.05, 4.69) is 5.32 Å². The molecule has 0 unspecified atom stereocenters. The molecule has 1 aliphatic rings. The largest absolute Gasteiger partial charge is 0.492 e. The Morgan fingerprint density at radius 1 is 1.00 bits per heavy atom. The Labute approximate surface area is 178 Å². The molecule has 7 nitrogen and oxygen atoms in total. The van der Waals surface area contributed by atoms with Gasteiger partial charge in [-0.2, -0.15) is 4.31 Å². The Bertz CT molecular complexity index is 934. The van der Waals surface area contributed by atoms with Gasteiger partial charge in [0.2, 0.25) is 10.0 Å². The minimum Gasteiger partial charge on any atom is -0.492 e. The number of hydrogen-bond donors (Lipinski definition) is 1. The fourth-order valence-corrected chi connectivity index (χ4v) is 4.70. The molecule has 2 aromatic rings.